The number of H-pyrrole nitrogens is 1. The number of hydrogen-bond acceptors (Lipinski definition) is 4. The van der Waals surface area contributed by atoms with E-state index in [-0.39, 0.29) is 0 Å². The van der Waals surface area contributed by atoms with Crippen LogP contribution in [0.3, 0.4) is 0 Å². The maximum absolute atomic E-state index is 5.09. The lowest BCUT2D eigenvalue weighted by molar-refractivity contribution is 0.863. The van der Waals surface area contributed by atoms with Crippen molar-refractivity contribution in [3.05, 3.63) is 102 Å². The number of para-hydroxylation sites is 2. The van der Waals surface area contributed by atoms with Crippen molar-refractivity contribution in [1.82, 2.24) is 14.9 Å². The summed E-state index contributed by atoms with van der Waals surface area (Å²) in [5, 5.41) is 10.8. The molecule has 0 radical (unpaired) electrons. The number of nitrogens with zero attached hydrogens (tertiary/aromatic N) is 4. The zero-order chi connectivity index (χ0) is 18.5. The van der Waals surface area contributed by atoms with E-state index < -0.39 is 0 Å². The van der Waals surface area contributed by atoms with Gasteiger partial charge in [0.1, 0.15) is 6.33 Å². The summed E-state index contributed by atoms with van der Waals surface area (Å²) in [4.78, 5) is 2.22. The smallest absolute Gasteiger partial charge is 0.216 e. The van der Waals surface area contributed by atoms with E-state index in [4.69, 9.17) is 12.2 Å². The first-order valence-electron chi connectivity index (χ1n) is 8.48. The molecule has 0 spiro atoms. The summed E-state index contributed by atoms with van der Waals surface area (Å²) in [7, 11) is 0. The van der Waals surface area contributed by atoms with Crippen molar-refractivity contribution in [3.8, 4) is 0 Å². The molecule has 0 saturated carbocycles. The number of anilines is 3. The summed E-state index contributed by atoms with van der Waals surface area (Å²) >= 11 is 5.09. The van der Waals surface area contributed by atoms with Crippen LogP contribution in [0, 0.1) is 4.77 Å². The maximum atomic E-state index is 5.09. The molecule has 27 heavy (non-hydrogen) atoms. The molecule has 6 heteroatoms. The molecular formula is C21H17N5S. The average molecular weight is 371 g/mol. The molecule has 4 aromatic rings. The van der Waals surface area contributed by atoms with Gasteiger partial charge >= 0.3 is 0 Å². The normalized spacial score (nSPS) is 11.0. The van der Waals surface area contributed by atoms with Gasteiger partial charge in [-0.2, -0.15) is 14.9 Å². The van der Waals surface area contributed by atoms with Gasteiger partial charge in [-0.3, -0.25) is 5.10 Å². The standard InChI is InChI=1S/C21H17N5S/c27-21-24-22-16-25(21)23-15-17-11-13-20(14-12-17)26(18-7-3-1-4-8-18)19-9-5-2-6-10-19/h1-16H,(H,24,27)/b23-15-. The van der Waals surface area contributed by atoms with Crippen LogP contribution in [0.25, 0.3) is 0 Å². The fourth-order valence-electron chi connectivity index (χ4n) is 2.76. The molecule has 0 fully saturated rings. The Morgan fingerprint density at radius 3 is 1.89 bits per heavy atom. The van der Waals surface area contributed by atoms with E-state index >= 15 is 0 Å². The van der Waals surface area contributed by atoms with Gasteiger partial charge < -0.3 is 4.90 Å². The lowest BCUT2D eigenvalue weighted by Crippen LogP contribution is -2.09. The van der Waals surface area contributed by atoms with Gasteiger partial charge in [-0.1, -0.05) is 48.5 Å². The number of nitrogens with one attached hydrogen (secondary N) is 1. The van der Waals surface area contributed by atoms with Crippen molar-refractivity contribution in [2.75, 3.05) is 4.90 Å². The van der Waals surface area contributed by atoms with Crippen molar-refractivity contribution in [3.63, 3.8) is 0 Å². The molecule has 1 aromatic heterocycles. The highest BCUT2D eigenvalue weighted by molar-refractivity contribution is 7.71. The molecule has 0 saturated heterocycles. The maximum Gasteiger partial charge on any atom is 0.216 e. The zero-order valence-corrected chi connectivity index (χ0v) is 15.3. The molecular weight excluding hydrogens is 354 g/mol. The second-order valence-corrected chi connectivity index (χ2v) is 6.24. The molecule has 0 atom stereocenters. The molecule has 0 unspecified atom stereocenters. The third-order valence-electron chi connectivity index (χ3n) is 4.05. The summed E-state index contributed by atoms with van der Waals surface area (Å²) < 4.78 is 1.98. The number of aromatic amines is 1. The molecule has 4 rings (SSSR count). The zero-order valence-electron chi connectivity index (χ0n) is 14.4. The molecule has 1 N–H and O–H groups in total. The number of aromatic nitrogens is 3. The van der Waals surface area contributed by atoms with Crippen molar-refractivity contribution in [2.45, 2.75) is 0 Å². The minimum atomic E-state index is 0.460. The lowest BCUT2D eigenvalue weighted by Gasteiger charge is -2.25. The molecule has 0 bridgehead atoms. The Morgan fingerprint density at radius 1 is 0.815 bits per heavy atom. The SMILES string of the molecule is S=c1[nH]ncn1/N=C\c1ccc(N(c2ccccc2)c2ccccc2)cc1. The second-order valence-electron chi connectivity index (χ2n) is 5.85. The van der Waals surface area contributed by atoms with Gasteiger partial charge in [0.05, 0.1) is 6.21 Å². The van der Waals surface area contributed by atoms with Crippen LogP contribution in [0.5, 0.6) is 0 Å². The first-order chi connectivity index (χ1) is 13.3. The second kappa shape index (κ2) is 7.80. The molecule has 3 aromatic carbocycles. The van der Waals surface area contributed by atoms with Gasteiger partial charge in [-0.05, 0) is 54.2 Å². The summed E-state index contributed by atoms with van der Waals surface area (Å²) in [6.45, 7) is 0. The van der Waals surface area contributed by atoms with Crippen molar-refractivity contribution in [2.24, 2.45) is 5.10 Å². The van der Waals surface area contributed by atoms with Crippen LogP contribution in [0.4, 0.5) is 17.1 Å². The van der Waals surface area contributed by atoms with E-state index in [0.717, 1.165) is 22.6 Å². The Hall–Kier alpha value is -3.51. The average Bonchev–Trinajstić information content (AvgIpc) is 3.14. The molecule has 1 heterocycles. The van der Waals surface area contributed by atoms with E-state index in [9.17, 15) is 0 Å². The topological polar surface area (TPSA) is 49.2 Å². The van der Waals surface area contributed by atoms with Crippen LogP contribution in [0.1, 0.15) is 5.56 Å². The van der Waals surface area contributed by atoms with E-state index in [1.165, 1.54) is 4.68 Å². The largest absolute Gasteiger partial charge is 0.311 e. The highest BCUT2D eigenvalue weighted by atomic mass is 32.1. The van der Waals surface area contributed by atoms with Crippen LogP contribution in [-0.4, -0.2) is 21.1 Å². The first-order valence-corrected chi connectivity index (χ1v) is 8.89. The fraction of sp³-hybridized carbons (Fsp3) is 0. The van der Waals surface area contributed by atoms with Crippen LogP contribution >= 0.6 is 12.2 Å². The molecule has 0 aliphatic heterocycles. The molecule has 132 valence electrons. The Kier molecular flexibility index (Phi) is 4.89. The van der Waals surface area contributed by atoms with Crippen LogP contribution in [0.2, 0.25) is 0 Å². The highest BCUT2D eigenvalue weighted by Gasteiger charge is 2.11. The van der Waals surface area contributed by atoms with E-state index in [2.05, 4.69) is 56.6 Å². The van der Waals surface area contributed by atoms with E-state index in [0.29, 0.717) is 4.77 Å². The van der Waals surface area contributed by atoms with E-state index in [1.54, 1.807) is 12.5 Å². The van der Waals surface area contributed by atoms with Gasteiger partial charge in [0, 0.05) is 17.1 Å². The van der Waals surface area contributed by atoms with Gasteiger partial charge in [-0.25, -0.2) is 0 Å². The number of benzene rings is 3. The van der Waals surface area contributed by atoms with Crippen LogP contribution in [-0.2, 0) is 0 Å². The first kappa shape index (κ1) is 16.9. The summed E-state index contributed by atoms with van der Waals surface area (Å²) in [6, 6.07) is 28.8. The summed E-state index contributed by atoms with van der Waals surface area (Å²) in [6.07, 6.45) is 3.30. The Morgan fingerprint density at radius 2 is 1.37 bits per heavy atom. The molecule has 0 amide bonds. The minimum absolute atomic E-state index is 0.460. The third-order valence-corrected chi connectivity index (χ3v) is 4.33. The Labute approximate surface area is 162 Å². The van der Waals surface area contributed by atoms with Crippen LogP contribution < -0.4 is 4.90 Å². The van der Waals surface area contributed by atoms with Gasteiger partial charge in [0.25, 0.3) is 0 Å². The third kappa shape index (κ3) is 3.86. The van der Waals surface area contributed by atoms with Crippen molar-refractivity contribution >= 4 is 35.5 Å². The van der Waals surface area contributed by atoms with Crippen LogP contribution in [0.15, 0.2) is 96.4 Å². The van der Waals surface area contributed by atoms with Gasteiger partial charge in [-0.15, -0.1) is 0 Å². The van der Waals surface area contributed by atoms with Crippen molar-refractivity contribution in [1.29, 1.82) is 0 Å². The Bertz CT molecular complexity index is 1040. The molecule has 5 nitrogen and oxygen atoms in total. The number of rotatable bonds is 5. The highest BCUT2D eigenvalue weighted by Crippen LogP contribution is 2.33. The van der Waals surface area contributed by atoms with Gasteiger partial charge in [0.2, 0.25) is 4.77 Å². The molecule has 0 aliphatic rings. The Balaban J connectivity index is 1.66. The van der Waals surface area contributed by atoms with Gasteiger partial charge in [0.15, 0.2) is 0 Å². The predicted octanol–water partition coefficient (Wildman–Crippen LogP) is 5.29. The summed E-state index contributed by atoms with van der Waals surface area (Å²) in [5.41, 5.74) is 4.26. The fourth-order valence-corrected chi connectivity index (χ4v) is 2.91. The quantitative estimate of drug-likeness (QED) is 0.383. The predicted molar refractivity (Wildman–Crippen MR) is 112 cm³/mol. The summed E-state index contributed by atoms with van der Waals surface area (Å²) in [5.74, 6) is 0. The molecule has 0 aliphatic carbocycles. The van der Waals surface area contributed by atoms with Crippen molar-refractivity contribution < 1.29 is 0 Å². The number of hydrogen-bond donors (Lipinski definition) is 1. The monoisotopic (exact) mass is 371 g/mol. The minimum Gasteiger partial charge on any atom is -0.311 e. The lowest BCUT2D eigenvalue weighted by atomic mass is 10.1. The van der Waals surface area contributed by atoms with E-state index in [1.807, 2.05) is 48.5 Å².